The molecule has 0 aliphatic carbocycles. The molecular formula is C9H6N2O3. The van der Waals surface area contributed by atoms with Crippen molar-refractivity contribution in [1.82, 2.24) is 0 Å². The van der Waals surface area contributed by atoms with E-state index in [9.17, 15) is 14.9 Å². The molecule has 1 rings (SSSR count). The molecule has 0 bridgehead atoms. The van der Waals surface area contributed by atoms with Gasteiger partial charge in [0.25, 0.3) is 5.69 Å². The first kappa shape index (κ1) is 9.86. The molecule has 0 amide bonds. The Morgan fingerprint density at radius 2 is 2.29 bits per heavy atom. The van der Waals surface area contributed by atoms with E-state index in [4.69, 9.17) is 5.26 Å². The number of hydrogen-bond acceptors (Lipinski definition) is 4. The Morgan fingerprint density at radius 1 is 1.57 bits per heavy atom. The first-order valence-corrected chi connectivity index (χ1v) is 3.80. The van der Waals surface area contributed by atoms with Crippen molar-refractivity contribution in [3.05, 3.63) is 39.4 Å². The van der Waals surface area contributed by atoms with Gasteiger partial charge in [0.2, 0.25) is 0 Å². The van der Waals surface area contributed by atoms with Crippen LogP contribution >= 0.6 is 0 Å². The van der Waals surface area contributed by atoms with Gasteiger partial charge in [-0.3, -0.25) is 10.1 Å². The summed E-state index contributed by atoms with van der Waals surface area (Å²) in [6.07, 6.45) is 0.580. The summed E-state index contributed by atoms with van der Waals surface area (Å²) in [6.45, 7) is 0. The molecule has 14 heavy (non-hydrogen) atoms. The third kappa shape index (κ3) is 1.93. The van der Waals surface area contributed by atoms with Gasteiger partial charge in [-0.2, -0.15) is 5.26 Å². The van der Waals surface area contributed by atoms with E-state index in [1.54, 1.807) is 6.07 Å². The van der Waals surface area contributed by atoms with Gasteiger partial charge in [0.15, 0.2) is 0 Å². The average molecular weight is 190 g/mol. The molecule has 5 heteroatoms. The predicted molar refractivity (Wildman–Crippen MR) is 47.6 cm³/mol. The van der Waals surface area contributed by atoms with Crippen LogP contribution in [0.25, 0.3) is 0 Å². The highest BCUT2D eigenvalue weighted by molar-refractivity contribution is 5.60. The van der Waals surface area contributed by atoms with Crippen LogP contribution in [0.5, 0.6) is 0 Å². The number of carbonyl (C=O) groups is 1. The van der Waals surface area contributed by atoms with Gasteiger partial charge in [0, 0.05) is 18.1 Å². The molecule has 0 saturated heterocycles. The van der Waals surface area contributed by atoms with E-state index in [-0.39, 0.29) is 17.7 Å². The molecule has 0 atom stereocenters. The van der Waals surface area contributed by atoms with Crippen LogP contribution in [0.15, 0.2) is 18.2 Å². The second-order valence-electron chi connectivity index (χ2n) is 2.58. The normalized spacial score (nSPS) is 9.07. The lowest BCUT2D eigenvalue weighted by Gasteiger charge is -1.98. The largest absolute Gasteiger partial charge is 0.303 e. The van der Waals surface area contributed by atoms with Crippen molar-refractivity contribution >= 4 is 12.0 Å². The Kier molecular flexibility index (Phi) is 2.92. The number of hydrogen-bond donors (Lipinski definition) is 0. The van der Waals surface area contributed by atoms with E-state index in [1.165, 1.54) is 18.2 Å². The van der Waals surface area contributed by atoms with Gasteiger partial charge in [-0.1, -0.05) is 6.07 Å². The molecule has 0 N–H and O–H groups in total. The van der Waals surface area contributed by atoms with Crippen LogP contribution in [-0.4, -0.2) is 11.2 Å². The third-order valence-electron chi connectivity index (χ3n) is 1.71. The number of rotatable bonds is 3. The summed E-state index contributed by atoms with van der Waals surface area (Å²) >= 11 is 0. The zero-order valence-corrected chi connectivity index (χ0v) is 7.14. The van der Waals surface area contributed by atoms with Gasteiger partial charge < -0.3 is 4.79 Å². The van der Waals surface area contributed by atoms with E-state index in [2.05, 4.69) is 0 Å². The number of nitro benzene ring substituents is 1. The first-order chi connectivity index (χ1) is 6.69. The number of carbonyl (C=O) groups excluding carboxylic acids is 1. The quantitative estimate of drug-likeness (QED) is 0.407. The van der Waals surface area contributed by atoms with Crippen LogP contribution in [0.4, 0.5) is 5.69 Å². The Labute approximate surface area is 79.7 Å². The minimum Gasteiger partial charge on any atom is -0.303 e. The molecule has 5 nitrogen and oxygen atoms in total. The topological polar surface area (TPSA) is 84.0 Å². The van der Waals surface area contributed by atoms with Crippen molar-refractivity contribution in [3.8, 4) is 6.07 Å². The molecule has 70 valence electrons. The lowest BCUT2D eigenvalue weighted by Crippen LogP contribution is -1.96. The van der Waals surface area contributed by atoms with Gasteiger partial charge in [0.1, 0.15) is 6.29 Å². The summed E-state index contributed by atoms with van der Waals surface area (Å²) in [4.78, 5) is 20.2. The molecule has 0 radical (unpaired) electrons. The predicted octanol–water partition coefficient (Wildman–Crippen LogP) is 1.21. The standard InChI is InChI=1S/C9H6N2O3/c10-6-7-1-2-8(3-4-12)9(5-7)11(13)14/h1-2,4-5H,3H2. The highest BCUT2D eigenvalue weighted by Gasteiger charge is 2.13. The maximum atomic E-state index is 10.5. The summed E-state index contributed by atoms with van der Waals surface area (Å²) < 4.78 is 0. The van der Waals surface area contributed by atoms with E-state index in [1.807, 2.05) is 0 Å². The van der Waals surface area contributed by atoms with Crippen molar-refractivity contribution in [3.63, 3.8) is 0 Å². The summed E-state index contributed by atoms with van der Waals surface area (Å²) in [5.41, 5.74) is 0.353. The molecule has 0 fully saturated rings. The number of nitrogens with zero attached hydrogens (tertiary/aromatic N) is 2. The molecule has 0 spiro atoms. The second-order valence-corrected chi connectivity index (χ2v) is 2.58. The Hall–Kier alpha value is -2.22. The molecule has 0 aliphatic rings. The molecule has 0 aromatic heterocycles. The summed E-state index contributed by atoms with van der Waals surface area (Å²) in [7, 11) is 0. The molecule has 0 saturated carbocycles. The molecule has 0 aliphatic heterocycles. The van der Waals surface area contributed by atoms with Crippen LogP contribution in [-0.2, 0) is 11.2 Å². The minimum atomic E-state index is -0.598. The van der Waals surface area contributed by atoms with Crippen molar-refractivity contribution < 1.29 is 9.72 Å². The fourth-order valence-corrected chi connectivity index (χ4v) is 1.07. The number of nitro groups is 1. The highest BCUT2D eigenvalue weighted by Crippen LogP contribution is 2.19. The third-order valence-corrected chi connectivity index (χ3v) is 1.71. The van der Waals surface area contributed by atoms with Crippen LogP contribution in [0.3, 0.4) is 0 Å². The maximum Gasteiger partial charge on any atom is 0.274 e. The van der Waals surface area contributed by atoms with E-state index >= 15 is 0 Å². The summed E-state index contributed by atoms with van der Waals surface area (Å²) in [6, 6.07) is 5.84. The minimum absolute atomic E-state index is 0.0119. The van der Waals surface area contributed by atoms with Crippen molar-refractivity contribution in [2.45, 2.75) is 6.42 Å². The maximum absolute atomic E-state index is 10.5. The SMILES string of the molecule is N#Cc1ccc(CC=O)c([N+](=O)[O-])c1. The van der Waals surface area contributed by atoms with Gasteiger partial charge in [-0.15, -0.1) is 0 Å². The number of aldehydes is 1. The fourth-order valence-electron chi connectivity index (χ4n) is 1.07. The van der Waals surface area contributed by atoms with E-state index in [0.717, 1.165) is 0 Å². The summed E-state index contributed by atoms with van der Waals surface area (Å²) in [5, 5.41) is 19.1. The Morgan fingerprint density at radius 3 is 2.79 bits per heavy atom. The van der Waals surface area contributed by atoms with Crippen LogP contribution < -0.4 is 0 Å². The van der Waals surface area contributed by atoms with Crippen LogP contribution in [0.1, 0.15) is 11.1 Å². The smallest absolute Gasteiger partial charge is 0.274 e. The number of benzene rings is 1. The van der Waals surface area contributed by atoms with E-state index < -0.39 is 4.92 Å². The van der Waals surface area contributed by atoms with Crippen molar-refractivity contribution in [2.24, 2.45) is 0 Å². The molecule has 1 aromatic rings. The van der Waals surface area contributed by atoms with Crippen LogP contribution in [0.2, 0.25) is 0 Å². The fraction of sp³-hybridized carbons (Fsp3) is 0.111. The summed E-state index contributed by atoms with van der Waals surface area (Å²) in [5.74, 6) is 0. The van der Waals surface area contributed by atoms with Gasteiger partial charge in [-0.25, -0.2) is 0 Å². The van der Waals surface area contributed by atoms with E-state index in [0.29, 0.717) is 11.8 Å². The van der Waals surface area contributed by atoms with Crippen LogP contribution in [0, 0.1) is 21.4 Å². The molecule has 0 heterocycles. The van der Waals surface area contributed by atoms with Gasteiger partial charge in [0.05, 0.1) is 16.6 Å². The Bertz CT molecular complexity index is 421. The monoisotopic (exact) mass is 190 g/mol. The molecule has 1 aromatic carbocycles. The van der Waals surface area contributed by atoms with Crippen molar-refractivity contribution in [2.75, 3.05) is 0 Å². The average Bonchev–Trinajstić information content (AvgIpc) is 2.18. The molecular weight excluding hydrogens is 184 g/mol. The first-order valence-electron chi connectivity index (χ1n) is 3.80. The zero-order chi connectivity index (χ0) is 10.6. The lowest BCUT2D eigenvalue weighted by atomic mass is 10.1. The molecule has 0 unspecified atom stereocenters. The van der Waals surface area contributed by atoms with Gasteiger partial charge in [-0.05, 0) is 6.07 Å². The van der Waals surface area contributed by atoms with Gasteiger partial charge >= 0.3 is 0 Å². The highest BCUT2D eigenvalue weighted by atomic mass is 16.6. The van der Waals surface area contributed by atoms with Crippen molar-refractivity contribution in [1.29, 1.82) is 5.26 Å². The lowest BCUT2D eigenvalue weighted by molar-refractivity contribution is -0.385. The second kappa shape index (κ2) is 4.14. The zero-order valence-electron chi connectivity index (χ0n) is 7.14. The number of nitriles is 1. The Balaban J connectivity index is 3.25.